The van der Waals surface area contributed by atoms with Crippen molar-refractivity contribution in [2.24, 2.45) is 16.2 Å². The molecule has 3 aromatic rings. The Kier molecular flexibility index (Phi) is 11.1. The summed E-state index contributed by atoms with van der Waals surface area (Å²) in [6, 6.07) is 12.4. The van der Waals surface area contributed by atoms with Gasteiger partial charge in [-0.05, 0) is 60.2 Å². The van der Waals surface area contributed by atoms with Gasteiger partial charge >= 0.3 is 0 Å². The number of hydrogen-bond acceptors (Lipinski definition) is 8. The SMILES string of the molecule is CC(C)[C@H](NC(=O)c1ccncc1C(=O)NCCc1ccc(S(N)(=O)=O)cc1)C(=O)NCCc1ccc(S(N)(=O)=O)cc1. The van der Waals surface area contributed by atoms with Crippen LogP contribution in [0.4, 0.5) is 0 Å². The summed E-state index contributed by atoms with van der Waals surface area (Å²) in [6.07, 6.45) is 3.44. The number of hydrogen-bond donors (Lipinski definition) is 5. The second kappa shape index (κ2) is 14.3. The molecule has 0 aliphatic carbocycles. The second-order valence-electron chi connectivity index (χ2n) is 10.0. The van der Waals surface area contributed by atoms with Crippen molar-refractivity contribution >= 4 is 37.8 Å². The number of primary sulfonamides is 2. The van der Waals surface area contributed by atoms with E-state index < -0.39 is 43.8 Å². The van der Waals surface area contributed by atoms with E-state index in [0.717, 1.165) is 11.1 Å². The molecule has 3 rings (SSSR count). The van der Waals surface area contributed by atoms with Crippen LogP contribution in [0.15, 0.2) is 76.8 Å². The van der Waals surface area contributed by atoms with Gasteiger partial charge in [0.25, 0.3) is 11.8 Å². The van der Waals surface area contributed by atoms with Crippen LogP contribution in [0.3, 0.4) is 0 Å². The van der Waals surface area contributed by atoms with Crippen LogP contribution in [-0.2, 0) is 37.7 Å². The standard InChI is InChI=1S/C28H34N6O7S2/c1-18(2)25(28(37)33-16-12-20-5-9-22(10-6-20)43(30,40)41)34-27(36)23-13-14-31-17-24(23)26(35)32-15-11-19-3-7-21(8-4-19)42(29,38)39/h3-10,13-14,17-18,25H,11-12,15-16H2,1-2H3,(H,32,35)(H,33,37)(H,34,36)(H2,29,38,39)(H2,30,40,41)/t25-/m0/s1. The highest BCUT2D eigenvalue weighted by molar-refractivity contribution is 7.89. The van der Waals surface area contributed by atoms with Gasteiger partial charge in [0.1, 0.15) is 6.04 Å². The molecule has 13 nitrogen and oxygen atoms in total. The Morgan fingerprint density at radius 2 is 1.21 bits per heavy atom. The molecule has 0 spiro atoms. The lowest BCUT2D eigenvalue weighted by atomic mass is 10.0. The van der Waals surface area contributed by atoms with Gasteiger partial charge in [-0.1, -0.05) is 38.1 Å². The first-order valence-electron chi connectivity index (χ1n) is 13.2. The monoisotopic (exact) mass is 630 g/mol. The van der Waals surface area contributed by atoms with Crippen LogP contribution in [0, 0.1) is 5.92 Å². The molecule has 7 N–H and O–H groups in total. The van der Waals surface area contributed by atoms with Crippen LogP contribution < -0.4 is 26.2 Å². The van der Waals surface area contributed by atoms with Crippen molar-refractivity contribution < 1.29 is 31.2 Å². The summed E-state index contributed by atoms with van der Waals surface area (Å²) in [4.78, 5) is 43.0. The molecular weight excluding hydrogens is 596 g/mol. The normalized spacial score (nSPS) is 12.4. The highest BCUT2D eigenvalue weighted by Gasteiger charge is 2.26. The number of nitrogens with zero attached hydrogens (tertiary/aromatic N) is 1. The van der Waals surface area contributed by atoms with Crippen LogP contribution in [0.5, 0.6) is 0 Å². The molecule has 2 aromatic carbocycles. The molecule has 0 fully saturated rings. The van der Waals surface area contributed by atoms with Crippen molar-refractivity contribution in [3.8, 4) is 0 Å². The maximum absolute atomic E-state index is 13.2. The summed E-state index contributed by atoms with van der Waals surface area (Å²) in [7, 11) is -7.60. The summed E-state index contributed by atoms with van der Waals surface area (Å²) in [5.41, 5.74) is 1.61. The van der Waals surface area contributed by atoms with Crippen LogP contribution in [0.1, 0.15) is 45.7 Å². The zero-order valence-electron chi connectivity index (χ0n) is 23.6. The molecule has 0 unspecified atom stereocenters. The van der Waals surface area contributed by atoms with Crippen molar-refractivity contribution in [3.05, 3.63) is 89.2 Å². The Hall–Kier alpha value is -4.18. The Labute approximate surface area is 250 Å². The first-order valence-corrected chi connectivity index (χ1v) is 16.3. The number of nitrogens with one attached hydrogen (secondary N) is 3. The van der Waals surface area contributed by atoms with Crippen molar-refractivity contribution in [3.63, 3.8) is 0 Å². The highest BCUT2D eigenvalue weighted by atomic mass is 32.2. The predicted molar refractivity (Wildman–Crippen MR) is 159 cm³/mol. The van der Waals surface area contributed by atoms with Crippen molar-refractivity contribution in [1.82, 2.24) is 20.9 Å². The minimum absolute atomic E-state index is 0.0100. The summed E-state index contributed by atoms with van der Waals surface area (Å²) in [5.74, 6) is -1.87. The molecule has 1 atom stereocenters. The minimum Gasteiger partial charge on any atom is -0.354 e. The number of amides is 3. The number of nitrogens with two attached hydrogens (primary N) is 2. The smallest absolute Gasteiger partial charge is 0.253 e. The van der Waals surface area contributed by atoms with E-state index in [4.69, 9.17) is 10.3 Å². The fourth-order valence-electron chi connectivity index (χ4n) is 4.07. The van der Waals surface area contributed by atoms with Gasteiger partial charge < -0.3 is 16.0 Å². The number of aromatic nitrogens is 1. The largest absolute Gasteiger partial charge is 0.354 e. The first kappa shape index (κ1) is 33.3. The topological polar surface area (TPSA) is 221 Å². The van der Waals surface area contributed by atoms with Gasteiger partial charge in [-0.2, -0.15) is 0 Å². The Bertz CT molecular complexity index is 1680. The first-order chi connectivity index (χ1) is 20.2. The molecule has 230 valence electrons. The van der Waals surface area contributed by atoms with Gasteiger partial charge in [0, 0.05) is 25.5 Å². The zero-order valence-corrected chi connectivity index (χ0v) is 25.2. The number of benzene rings is 2. The summed E-state index contributed by atoms with van der Waals surface area (Å²) in [5, 5.41) is 18.4. The van der Waals surface area contributed by atoms with Crippen molar-refractivity contribution in [2.45, 2.75) is 42.5 Å². The fourth-order valence-corrected chi connectivity index (χ4v) is 5.11. The average molecular weight is 631 g/mol. The summed E-state index contributed by atoms with van der Waals surface area (Å²) >= 11 is 0. The lowest BCUT2D eigenvalue weighted by Crippen LogP contribution is -2.50. The predicted octanol–water partition coefficient (Wildman–Crippen LogP) is 0.462. The molecule has 15 heteroatoms. The van der Waals surface area contributed by atoms with Crippen molar-refractivity contribution in [1.29, 1.82) is 0 Å². The molecule has 3 amide bonds. The Morgan fingerprint density at radius 1 is 0.721 bits per heavy atom. The number of carbonyl (C=O) groups is 3. The third-order valence-corrected chi connectivity index (χ3v) is 8.32. The minimum atomic E-state index is -3.80. The molecule has 0 saturated heterocycles. The molecule has 1 heterocycles. The van der Waals surface area contributed by atoms with E-state index in [1.54, 1.807) is 38.1 Å². The molecule has 0 radical (unpaired) electrons. The van der Waals surface area contributed by atoms with E-state index in [2.05, 4.69) is 20.9 Å². The lowest BCUT2D eigenvalue weighted by Gasteiger charge is -2.22. The Balaban J connectivity index is 1.58. The molecular formula is C28H34N6O7S2. The van der Waals surface area contributed by atoms with Crippen LogP contribution >= 0.6 is 0 Å². The maximum Gasteiger partial charge on any atom is 0.253 e. The van der Waals surface area contributed by atoms with E-state index in [0.29, 0.717) is 12.8 Å². The number of sulfonamides is 2. The maximum atomic E-state index is 13.2. The number of pyridine rings is 1. The number of rotatable bonds is 13. The fraction of sp³-hybridized carbons (Fsp3) is 0.286. The average Bonchev–Trinajstić information content (AvgIpc) is 2.95. The molecule has 1 aromatic heterocycles. The van der Waals surface area contributed by atoms with E-state index >= 15 is 0 Å². The summed E-state index contributed by atoms with van der Waals surface area (Å²) < 4.78 is 45.6. The molecule has 43 heavy (non-hydrogen) atoms. The zero-order chi connectivity index (χ0) is 31.8. The van der Waals surface area contributed by atoms with E-state index in [-0.39, 0.29) is 39.9 Å². The van der Waals surface area contributed by atoms with Gasteiger partial charge in [0.15, 0.2) is 0 Å². The van der Waals surface area contributed by atoms with Gasteiger partial charge in [-0.25, -0.2) is 27.1 Å². The van der Waals surface area contributed by atoms with Crippen LogP contribution in [0.25, 0.3) is 0 Å². The molecule has 0 aliphatic rings. The van der Waals surface area contributed by atoms with Crippen LogP contribution in [-0.4, -0.2) is 58.7 Å². The van der Waals surface area contributed by atoms with Gasteiger partial charge in [-0.3, -0.25) is 19.4 Å². The van der Waals surface area contributed by atoms with Gasteiger partial charge in [0.2, 0.25) is 26.0 Å². The molecule has 0 aliphatic heterocycles. The second-order valence-corrected chi connectivity index (χ2v) is 13.2. The molecule has 0 bridgehead atoms. The third kappa shape index (κ3) is 9.68. The van der Waals surface area contributed by atoms with Crippen LogP contribution in [0.2, 0.25) is 0 Å². The highest BCUT2D eigenvalue weighted by Crippen LogP contribution is 2.12. The molecule has 0 saturated carbocycles. The van der Waals surface area contributed by atoms with E-state index in [9.17, 15) is 31.2 Å². The quantitative estimate of drug-likeness (QED) is 0.178. The number of carbonyl (C=O) groups excluding carboxylic acids is 3. The van der Waals surface area contributed by atoms with E-state index in [1.165, 1.54) is 42.7 Å². The third-order valence-electron chi connectivity index (χ3n) is 6.46. The summed E-state index contributed by atoms with van der Waals surface area (Å²) in [6.45, 7) is 3.98. The van der Waals surface area contributed by atoms with Gasteiger partial charge in [0.05, 0.1) is 20.9 Å². The Morgan fingerprint density at radius 3 is 1.67 bits per heavy atom. The van der Waals surface area contributed by atoms with E-state index in [1.807, 2.05) is 0 Å². The van der Waals surface area contributed by atoms with Gasteiger partial charge in [-0.15, -0.1) is 0 Å². The van der Waals surface area contributed by atoms with Crippen molar-refractivity contribution in [2.75, 3.05) is 13.1 Å². The lowest BCUT2D eigenvalue weighted by molar-refractivity contribution is -0.123.